The quantitative estimate of drug-likeness (QED) is 0.754. The monoisotopic (exact) mass is 370 g/mol. The molecule has 0 fully saturated rings. The van der Waals surface area contributed by atoms with E-state index in [1.165, 1.54) is 0 Å². The highest BCUT2D eigenvalue weighted by molar-refractivity contribution is 6.37. The second-order valence-electron chi connectivity index (χ2n) is 6.15. The van der Waals surface area contributed by atoms with Crippen LogP contribution < -0.4 is 4.90 Å². The maximum absolute atomic E-state index is 12.6. The van der Waals surface area contributed by atoms with E-state index in [2.05, 4.69) is 0 Å². The predicted molar refractivity (Wildman–Crippen MR) is 101 cm³/mol. The van der Waals surface area contributed by atoms with Crippen molar-refractivity contribution in [3.05, 3.63) is 64.2 Å². The van der Waals surface area contributed by atoms with Crippen LogP contribution in [0.2, 0.25) is 5.02 Å². The number of halogens is 1. The molecule has 1 heterocycles. The van der Waals surface area contributed by atoms with Crippen LogP contribution in [0.1, 0.15) is 39.6 Å². The van der Waals surface area contributed by atoms with Crippen LogP contribution in [0.4, 0.5) is 5.69 Å². The number of fused-ring (bicyclic) bond motifs is 1. The first-order chi connectivity index (χ1) is 12.4. The van der Waals surface area contributed by atoms with Crippen LogP contribution in [0.3, 0.4) is 0 Å². The summed E-state index contributed by atoms with van der Waals surface area (Å²) in [6.07, 6.45) is 0.0604. The van der Waals surface area contributed by atoms with Gasteiger partial charge in [0.15, 0.2) is 0 Å². The molecule has 0 spiro atoms. The highest BCUT2D eigenvalue weighted by atomic mass is 35.5. The number of imide groups is 1. The number of rotatable bonds is 5. The average Bonchev–Trinajstić information content (AvgIpc) is 2.86. The van der Waals surface area contributed by atoms with Gasteiger partial charge in [0.2, 0.25) is 5.91 Å². The maximum Gasteiger partial charge on any atom is 0.263 e. The van der Waals surface area contributed by atoms with Crippen LogP contribution in [0.25, 0.3) is 0 Å². The van der Waals surface area contributed by atoms with Crippen molar-refractivity contribution in [1.82, 2.24) is 4.90 Å². The number of aryl methyl sites for hydroxylation is 1. The Labute approximate surface area is 157 Å². The van der Waals surface area contributed by atoms with Gasteiger partial charge in [0, 0.05) is 25.2 Å². The Morgan fingerprint density at radius 3 is 2.50 bits per heavy atom. The molecule has 6 heteroatoms. The molecule has 26 heavy (non-hydrogen) atoms. The van der Waals surface area contributed by atoms with Gasteiger partial charge in [-0.3, -0.25) is 19.3 Å². The molecule has 3 rings (SSSR count). The molecule has 0 unspecified atom stereocenters. The minimum absolute atomic E-state index is 0.0316. The van der Waals surface area contributed by atoms with E-state index < -0.39 is 11.8 Å². The summed E-state index contributed by atoms with van der Waals surface area (Å²) in [4.78, 5) is 40.3. The summed E-state index contributed by atoms with van der Waals surface area (Å²) in [5, 5.41) is 0.254. The predicted octanol–water partition coefficient (Wildman–Crippen LogP) is 3.69. The number of hydrogen-bond acceptors (Lipinski definition) is 3. The highest BCUT2D eigenvalue weighted by Gasteiger charge is 2.37. The van der Waals surface area contributed by atoms with Crippen LogP contribution in [-0.4, -0.2) is 35.7 Å². The first-order valence-corrected chi connectivity index (χ1v) is 8.83. The van der Waals surface area contributed by atoms with Gasteiger partial charge in [-0.2, -0.15) is 0 Å². The molecule has 0 atom stereocenters. The molecular formula is C20H19ClN2O3. The zero-order valence-electron chi connectivity index (χ0n) is 14.7. The van der Waals surface area contributed by atoms with Gasteiger partial charge in [-0.15, -0.1) is 0 Å². The van der Waals surface area contributed by atoms with Gasteiger partial charge in [0.05, 0.1) is 16.1 Å². The van der Waals surface area contributed by atoms with Crippen LogP contribution in [-0.2, 0) is 4.79 Å². The largest absolute Gasteiger partial charge is 0.313 e. The van der Waals surface area contributed by atoms with E-state index >= 15 is 0 Å². The molecule has 2 aromatic rings. The molecule has 134 valence electrons. The molecule has 0 saturated carbocycles. The number of hydrogen-bond donors (Lipinski definition) is 0. The summed E-state index contributed by atoms with van der Waals surface area (Å²) >= 11 is 6.05. The second kappa shape index (κ2) is 7.30. The summed E-state index contributed by atoms with van der Waals surface area (Å²) < 4.78 is 0. The molecule has 1 aliphatic heterocycles. The Morgan fingerprint density at radius 1 is 1.12 bits per heavy atom. The van der Waals surface area contributed by atoms with Crippen molar-refractivity contribution in [2.24, 2.45) is 0 Å². The Balaban J connectivity index is 1.73. The first-order valence-electron chi connectivity index (χ1n) is 8.45. The van der Waals surface area contributed by atoms with Crippen molar-refractivity contribution >= 4 is 35.0 Å². The molecule has 0 saturated heterocycles. The van der Waals surface area contributed by atoms with Gasteiger partial charge in [0.25, 0.3) is 11.8 Å². The highest BCUT2D eigenvalue weighted by Crippen LogP contribution is 2.29. The third kappa shape index (κ3) is 3.22. The van der Waals surface area contributed by atoms with Gasteiger partial charge < -0.3 is 4.90 Å². The van der Waals surface area contributed by atoms with Crippen molar-refractivity contribution in [2.75, 3.05) is 18.0 Å². The van der Waals surface area contributed by atoms with E-state index in [1.807, 2.05) is 38.1 Å². The van der Waals surface area contributed by atoms with E-state index in [-0.39, 0.29) is 29.5 Å². The summed E-state index contributed by atoms with van der Waals surface area (Å²) in [5.41, 5.74) is 2.38. The van der Waals surface area contributed by atoms with E-state index in [0.717, 1.165) is 16.2 Å². The van der Waals surface area contributed by atoms with Gasteiger partial charge in [0.1, 0.15) is 0 Å². The average molecular weight is 371 g/mol. The van der Waals surface area contributed by atoms with Gasteiger partial charge in [-0.1, -0.05) is 29.8 Å². The zero-order chi connectivity index (χ0) is 18.8. The van der Waals surface area contributed by atoms with Gasteiger partial charge >= 0.3 is 0 Å². The fourth-order valence-electron chi connectivity index (χ4n) is 3.14. The third-order valence-corrected chi connectivity index (χ3v) is 4.74. The molecule has 2 aromatic carbocycles. The number of carbonyl (C=O) groups is 3. The number of nitrogens with zero attached hydrogens (tertiary/aromatic N) is 2. The molecule has 1 aliphatic rings. The SMILES string of the molecule is CCN(C(=O)CCN1C(=O)c2cccc(Cl)c2C1=O)c1cccc(C)c1. The number of benzene rings is 2. The molecule has 0 aliphatic carbocycles. The summed E-state index contributed by atoms with van der Waals surface area (Å²) in [7, 11) is 0. The van der Waals surface area contributed by atoms with E-state index in [0.29, 0.717) is 12.1 Å². The lowest BCUT2D eigenvalue weighted by Crippen LogP contribution is -2.36. The van der Waals surface area contributed by atoms with Crippen LogP contribution in [0.15, 0.2) is 42.5 Å². The lowest BCUT2D eigenvalue weighted by atomic mass is 10.1. The first kappa shape index (κ1) is 18.1. The normalized spacial score (nSPS) is 13.1. The summed E-state index contributed by atoms with van der Waals surface area (Å²) in [5.74, 6) is -0.985. The molecule has 0 radical (unpaired) electrons. The minimum Gasteiger partial charge on any atom is -0.313 e. The topological polar surface area (TPSA) is 57.7 Å². The Bertz CT molecular complexity index is 894. The molecule has 0 aromatic heterocycles. The number of carbonyl (C=O) groups excluding carboxylic acids is 3. The summed E-state index contributed by atoms with van der Waals surface area (Å²) in [6.45, 7) is 4.40. The second-order valence-corrected chi connectivity index (χ2v) is 6.56. The molecule has 3 amide bonds. The van der Waals surface area contributed by atoms with Crippen molar-refractivity contribution in [1.29, 1.82) is 0 Å². The summed E-state index contributed by atoms with van der Waals surface area (Å²) in [6, 6.07) is 12.5. The fraction of sp³-hybridized carbons (Fsp3) is 0.250. The van der Waals surface area contributed by atoms with Crippen molar-refractivity contribution in [3.8, 4) is 0 Å². The lowest BCUT2D eigenvalue weighted by molar-refractivity contribution is -0.118. The molecule has 0 bridgehead atoms. The van der Waals surface area contributed by atoms with Gasteiger partial charge in [-0.25, -0.2) is 0 Å². The Kier molecular flexibility index (Phi) is 5.09. The smallest absolute Gasteiger partial charge is 0.263 e. The van der Waals surface area contributed by atoms with E-state index in [4.69, 9.17) is 11.6 Å². The number of amides is 3. The van der Waals surface area contributed by atoms with Crippen molar-refractivity contribution < 1.29 is 14.4 Å². The van der Waals surface area contributed by atoms with Crippen molar-refractivity contribution in [2.45, 2.75) is 20.3 Å². The maximum atomic E-state index is 12.6. The fourth-order valence-corrected chi connectivity index (χ4v) is 3.39. The molecule has 0 N–H and O–H groups in total. The standard InChI is InChI=1S/C20H19ClN2O3/c1-3-22(14-7-4-6-13(2)12-14)17(24)10-11-23-19(25)15-8-5-9-16(21)18(15)20(23)26/h4-9,12H,3,10-11H2,1-2H3. The molecular weight excluding hydrogens is 352 g/mol. The molecule has 5 nitrogen and oxygen atoms in total. The Morgan fingerprint density at radius 2 is 1.85 bits per heavy atom. The van der Waals surface area contributed by atoms with Gasteiger partial charge in [-0.05, 0) is 43.7 Å². The number of anilines is 1. The van der Waals surface area contributed by atoms with Crippen LogP contribution in [0, 0.1) is 6.92 Å². The van der Waals surface area contributed by atoms with E-state index in [1.54, 1.807) is 23.1 Å². The minimum atomic E-state index is -0.443. The van der Waals surface area contributed by atoms with Crippen molar-refractivity contribution in [3.63, 3.8) is 0 Å². The van der Waals surface area contributed by atoms with E-state index in [9.17, 15) is 14.4 Å². The zero-order valence-corrected chi connectivity index (χ0v) is 15.4. The third-order valence-electron chi connectivity index (χ3n) is 4.43. The lowest BCUT2D eigenvalue weighted by Gasteiger charge is -2.23. The van der Waals surface area contributed by atoms with Crippen LogP contribution in [0.5, 0.6) is 0 Å². The van der Waals surface area contributed by atoms with Crippen LogP contribution >= 0.6 is 11.6 Å². The Hall–Kier alpha value is -2.66.